The lowest BCUT2D eigenvalue weighted by Crippen LogP contribution is -2.69. The van der Waals surface area contributed by atoms with Crippen LogP contribution in [0.15, 0.2) is 30.3 Å². The minimum atomic E-state index is -0.430. The Hall–Kier alpha value is -1.69. The Morgan fingerprint density at radius 3 is 2.54 bits per heavy atom. The van der Waals surface area contributed by atoms with Crippen molar-refractivity contribution in [3.8, 4) is 5.75 Å². The number of carbonyl (C=O) groups excluding carboxylic acids is 2. The van der Waals surface area contributed by atoms with Gasteiger partial charge >= 0.3 is 0 Å². The topological polar surface area (TPSA) is 58.6 Å². The molecular formula is C18H26N2O3S. The molecule has 3 unspecified atom stereocenters. The largest absolute Gasteiger partial charge is 0.484 e. The van der Waals surface area contributed by atoms with Gasteiger partial charge in [-0.25, -0.2) is 0 Å². The monoisotopic (exact) mass is 350 g/mol. The number of benzene rings is 1. The lowest BCUT2D eigenvalue weighted by Gasteiger charge is -2.44. The van der Waals surface area contributed by atoms with E-state index in [-0.39, 0.29) is 34.6 Å². The Morgan fingerprint density at radius 1 is 1.29 bits per heavy atom. The number of carbonyl (C=O) groups is 2. The molecule has 2 saturated heterocycles. The van der Waals surface area contributed by atoms with Crippen LogP contribution in [-0.4, -0.2) is 45.5 Å². The summed E-state index contributed by atoms with van der Waals surface area (Å²) in [7, 11) is 0. The molecule has 2 heterocycles. The molecule has 0 radical (unpaired) electrons. The third kappa shape index (κ3) is 3.53. The van der Waals surface area contributed by atoms with Crippen LogP contribution >= 0.6 is 11.8 Å². The molecule has 2 amide bonds. The zero-order chi connectivity index (χ0) is 17.9. The highest BCUT2D eigenvalue weighted by Crippen LogP contribution is 2.50. The number of β-lactam (4-membered cyclic amide) rings is 1. The first-order valence-corrected chi connectivity index (χ1v) is 9.25. The molecule has 0 aromatic heterocycles. The van der Waals surface area contributed by atoms with Crippen molar-refractivity contribution in [1.29, 1.82) is 0 Å². The second kappa shape index (κ2) is 7.47. The Labute approximate surface area is 148 Å². The van der Waals surface area contributed by atoms with Crippen molar-refractivity contribution < 1.29 is 14.3 Å². The van der Waals surface area contributed by atoms with E-state index in [2.05, 4.69) is 26.1 Å². The first-order chi connectivity index (χ1) is 11.4. The maximum atomic E-state index is 12.2. The third-order valence-electron chi connectivity index (χ3n) is 4.36. The van der Waals surface area contributed by atoms with Gasteiger partial charge in [-0.15, -0.1) is 11.8 Å². The minimum Gasteiger partial charge on any atom is -0.484 e. The predicted molar refractivity (Wildman–Crippen MR) is 97.0 cm³/mol. The Kier molecular flexibility index (Phi) is 5.80. The number of fused-ring (bicyclic) bond motifs is 1. The van der Waals surface area contributed by atoms with Gasteiger partial charge in [0.15, 0.2) is 6.61 Å². The lowest BCUT2D eigenvalue weighted by atomic mass is 9.97. The van der Waals surface area contributed by atoms with Crippen molar-refractivity contribution >= 4 is 23.6 Å². The lowest BCUT2D eigenvalue weighted by molar-refractivity contribution is -0.151. The van der Waals surface area contributed by atoms with E-state index in [9.17, 15) is 9.59 Å². The molecule has 0 saturated carbocycles. The van der Waals surface area contributed by atoms with Crippen LogP contribution in [0.2, 0.25) is 0 Å². The predicted octanol–water partition coefficient (Wildman–Crippen LogP) is 2.66. The average molecular weight is 350 g/mol. The summed E-state index contributed by atoms with van der Waals surface area (Å²) in [6.45, 7) is 10.2. The van der Waals surface area contributed by atoms with Crippen molar-refractivity contribution in [3.05, 3.63) is 30.3 Å². The fraction of sp³-hybridized carbons (Fsp3) is 0.556. The molecule has 6 heteroatoms. The summed E-state index contributed by atoms with van der Waals surface area (Å²) in [5.74, 6) is 0.382. The average Bonchev–Trinajstić information content (AvgIpc) is 2.80. The summed E-state index contributed by atoms with van der Waals surface area (Å²) in [5, 5.41) is 2.83. The van der Waals surface area contributed by atoms with Crippen molar-refractivity contribution in [2.45, 2.75) is 56.8 Å². The molecular weight excluding hydrogens is 324 g/mol. The summed E-state index contributed by atoms with van der Waals surface area (Å²) in [6.07, 6.45) is 0. The minimum absolute atomic E-state index is 0.00337. The number of para-hydroxylation sites is 1. The molecule has 2 aliphatic rings. The van der Waals surface area contributed by atoms with Gasteiger partial charge in [0.2, 0.25) is 5.91 Å². The van der Waals surface area contributed by atoms with Crippen molar-refractivity contribution in [2.75, 3.05) is 6.61 Å². The van der Waals surface area contributed by atoms with E-state index in [4.69, 9.17) is 4.74 Å². The van der Waals surface area contributed by atoms with Gasteiger partial charge in [-0.05, 0) is 32.9 Å². The molecule has 0 aliphatic carbocycles. The quantitative estimate of drug-likeness (QED) is 0.848. The number of ether oxygens (including phenoxy) is 1. The Balaban J connectivity index is 0.00000100. The van der Waals surface area contributed by atoms with E-state index in [1.165, 1.54) is 0 Å². The van der Waals surface area contributed by atoms with Crippen molar-refractivity contribution in [2.24, 2.45) is 0 Å². The summed E-state index contributed by atoms with van der Waals surface area (Å²) < 4.78 is 5.42. The second-order valence-corrected chi connectivity index (χ2v) is 7.95. The second-order valence-electron chi connectivity index (χ2n) is 6.18. The zero-order valence-corrected chi connectivity index (χ0v) is 15.7. The third-order valence-corrected chi connectivity index (χ3v) is 6.05. The van der Waals surface area contributed by atoms with Crippen LogP contribution in [0.25, 0.3) is 0 Å². The van der Waals surface area contributed by atoms with E-state index in [1.54, 1.807) is 23.9 Å². The summed E-state index contributed by atoms with van der Waals surface area (Å²) in [4.78, 5) is 26.1. The number of thioether (sulfide) groups is 1. The molecule has 24 heavy (non-hydrogen) atoms. The number of hydrogen-bond acceptors (Lipinski definition) is 4. The van der Waals surface area contributed by atoms with Gasteiger partial charge in [-0.1, -0.05) is 32.0 Å². The van der Waals surface area contributed by atoms with Crippen LogP contribution in [0.5, 0.6) is 5.75 Å². The first kappa shape index (κ1) is 18.6. The van der Waals surface area contributed by atoms with Gasteiger partial charge in [0.25, 0.3) is 5.91 Å². The van der Waals surface area contributed by atoms with E-state index < -0.39 is 6.04 Å². The van der Waals surface area contributed by atoms with Crippen LogP contribution in [0, 0.1) is 0 Å². The summed E-state index contributed by atoms with van der Waals surface area (Å²) in [5.41, 5.74) is 0. The van der Waals surface area contributed by atoms with Gasteiger partial charge in [0.05, 0.1) is 0 Å². The van der Waals surface area contributed by atoms with E-state index in [1.807, 2.05) is 36.9 Å². The summed E-state index contributed by atoms with van der Waals surface area (Å²) >= 11 is 1.74. The van der Waals surface area contributed by atoms with Gasteiger partial charge in [0, 0.05) is 10.8 Å². The molecule has 5 nitrogen and oxygen atoms in total. The molecule has 0 bridgehead atoms. The smallest absolute Gasteiger partial charge is 0.258 e. The van der Waals surface area contributed by atoms with Gasteiger partial charge in [-0.3, -0.25) is 9.59 Å². The molecule has 2 aliphatic heterocycles. The molecule has 1 aromatic carbocycles. The number of nitrogens with zero attached hydrogens (tertiary/aromatic N) is 1. The van der Waals surface area contributed by atoms with Gasteiger partial charge < -0.3 is 15.0 Å². The molecule has 132 valence electrons. The normalized spacial score (nSPS) is 26.6. The maximum Gasteiger partial charge on any atom is 0.258 e. The molecule has 0 spiro atoms. The van der Waals surface area contributed by atoms with E-state index in [0.29, 0.717) is 5.75 Å². The standard InChI is InChI=1S/C16H20N2O3S.C2H6/c1-10-16(2,3)22-15-13(14(20)18(10)15)17-12(19)9-21-11-7-5-4-6-8-11;1-2/h4-8,10,13,15H,9H2,1-3H3,(H,17,19);1-2H3. The molecule has 1 N–H and O–H groups in total. The van der Waals surface area contributed by atoms with Crippen LogP contribution in [0.1, 0.15) is 34.6 Å². The van der Waals surface area contributed by atoms with Crippen LogP contribution in [-0.2, 0) is 9.59 Å². The molecule has 2 fully saturated rings. The van der Waals surface area contributed by atoms with E-state index in [0.717, 1.165) is 0 Å². The fourth-order valence-corrected chi connectivity index (χ4v) is 4.43. The fourth-order valence-electron chi connectivity index (χ4n) is 2.78. The molecule has 1 aromatic rings. The highest BCUT2D eigenvalue weighted by molar-refractivity contribution is 8.01. The highest BCUT2D eigenvalue weighted by atomic mass is 32.2. The zero-order valence-electron chi connectivity index (χ0n) is 14.9. The Morgan fingerprint density at radius 2 is 1.92 bits per heavy atom. The molecule has 3 atom stereocenters. The SMILES string of the molecule is CC.CC1N2C(=O)C(NC(=O)COc3ccccc3)C2SC1(C)C. The van der Waals surface area contributed by atoms with Crippen LogP contribution in [0.4, 0.5) is 0 Å². The number of amides is 2. The van der Waals surface area contributed by atoms with E-state index >= 15 is 0 Å². The number of hydrogen-bond donors (Lipinski definition) is 1. The van der Waals surface area contributed by atoms with Crippen molar-refractivity contribution in [1.82, 2.24) is 10.2 Å². The highest BCUT2D eigenvalue weighted by Gasteiger charge is 2.60. The van der Waals surface area contributed by atoms with Crippen molar-refractivity contribution in [3.63, 3.8) is 0 Å². The number of nitrogens with one attached hydrogen (secondary N) is 1. The van der Waals surface area contributed by atoms with Gasteiger partial charge in [0.1, 0.15) is 17.2 Å². The van der Waals surface area contributed by atoms with Crippen LogP contribution in [0.3, 0.4) is 0 Å². The Bertz CT molecular complexity index is 591. The van der Waals surface area contributed by atoms with Gasteiger partial charge in [-0.2, -0.15) is 0 Å². The first-order valence-electron chi connectivity index (χ1n) is 8.37. The number of rotatable bonds is 4. The summed E-state index contributed by atoms with van der Waals surface area (Å²) in [6, 6.07) is 8.92. The van der Waals surface area contributed by atoms with Crippen LogP contribution < -0.4 is 10.1 Å². The maximum absolute atomic E-state index is 12.2. The molecule has 3 rings (SSSR count).